The molecule has 1 aromatic heterocycles. The van der Waals surface area contributed by atoms with Crippen LogP contribution in [0, 0.1) is 5.92 Å². The molecule has 2 rings (SSSR count). The highest BCUT2D eigenvalue weighted by Crippen LogP contribution is 2.29. The number of nitrogens with one attached hydrogen (secondary N) is 1. The Morgan fingerprint density at radius 3 is 2.65 bits per heavy atom. The molecule has 0 spiro atoms. The van der Waals surface area contributed by atoms with E-state index in [4.69, 9.17) is 11.6 Å². The average Bonchev–Trinajstić information content (AvgIpc) is 2.41. The first kappa shape index (κ1) is 15.7. The second-order valence-corrected chi connectivity index (χ2v) is 7.46. The van der Waals surface area contributed by atoms with Crippen molar-refractivity contribution < 1.29 is 8.42 Å². The van der Waals surface area contributed by atoms with Gasteiger partial charge in [-0.25, -0.2) is 18.1 Å². The zero-order valence-corrected chi connectivity index (χ0v) is 13.3. The van der Waals surface area contributed by atoms with Gasteiger partial charge >= 0.3 is 0 Å². The standard InChI is InChI=1S/C14H21ClN2O2S/c1-2-4-11-6-8-12(9-7-11)17-20(18,19)13-5-3-10-16-14(13)15/h3,5,10-12,17H,2,4,6-9H2,1H3. The van der Waals surface area contributed by atoms with Gasteiger partial charge in [0.05, 0.1) is 0 Å². The minimum absolute atomic E-state index is 0.0179. The summed E-state index contributed by atoms with van der Waals surface area (Å²) in [5.74, 6) is 0.753. The number of hydrogen-bond donors (Lipinski definition) is 1. The van der Waals surface area contributed by atoms with Gasteiger partial charge in [0.25, 0.3) is 0 Å². The van der Waals surface area contributed by atoms with Crippen LogP contribution in [-0.2, 0) is 10.0 Å². The van der Waals surface area contributed by atoms with Crippen molar-refractivity contribution in [2.45, 2.75) is 56.4 Å². The molecule has 0 amide bonds. The molecule has 1 aliphatic rings. The van der Waals surface area contributed by atoms with Gasteiger partial charge < -0.3 is 0 Å². The molecule has 6 heteroatoms. The summed E-state index contributed by atoms with van der Waals surface area (Å²) < 4.78 is 27.3. The molecule has 1 N–H and O–H groups in total. The molecule has 1 heterocycles. The number of rotatable bonds is 5. The summed E-state index contributed by atoms with van der Waals surface area (Å²) in [6, 6.07) is 3.09. The first-order valence-electron chi connectivity index (χ1n) is 7.15. The topological polar surface area (TPSA) is 59.1 Å². The Morgan fingerprint density at radius 1 is 1.35 bits per heavy atom. The van der Waals surface area contributed by atoms with Crippen LogP contribution < -0.4 is 4.72 Å². The summed E-state index contributed by atoms with van der Waals surface area (Å²) >= 11 is 5.86. The van der Waals surface area contributed by atoms with E-state index in [9.17, 15) is 8.42 Å². The van der Waals surface area contributed by atoms with Crippen molar-refractivity contribution >= 4 is 21.6 Å². The Morgan fingerprint density at radius 2 is 2.05 bits per heavy atom. The number of halogens is 1. The minimum Gasteiger partial charge on any atom is -0.243 e. The fourth-order valence-corrected chi connectivity index (χ4v) is 4.59. The molecule has 0 atom stereocenters. The number of sulfonamides is 1. The summed E-state index contributed by atoms with van der Waals surface area (Å²) in [5.41, 5.74) is 0. The van der Waals surface area contributed by atoms with Crippen LogP contribution in [0.15, 0.2) is 23.2 Å². The molecule has 20 heavy (non-hydrogen) atoms. The summed E-state index contributed by atoms with van der Waals surface area (Å²) in [6.07, 6.45) is 7.94. The van der Waals surface area contributed by atoms with Crippen LogP contribution in [0.1, 0.15) is 45.4 Å². The van der Waals surface area contributed by atoms with Crippen LogP contribution in [0.5, 0.6) is 0 Å². The highest BCUT2D eigenvalue weighted by atomic mass is 35.5. The molecule has 1 fully saturated rings. The van der Waals surface area contributed by atoms with E-state index in [2.05, 4.69) is 16.6 Å². The van der Waals surface area contributed by atoms with Crippen molar-refractivity contribution in [3.63, 3.8) is 0 Å². The van der Waals surface area contributed by atoms with E-state index in [1.54, 1.807) is 6.07 Å². The van der Waals surface area contributed by atoms with E-state index in [1.165, 1.54) is 25.1 Å². The molecule has 0 aliphatic heterocycles. The summed E-state index contributed by atoms with van der Waals surface area (Å²) in [4.78, 5) is 3.89. The van der Waals surface area contributed by atoms with Crippen molar-refractivity contribution in [3.05, 3.63) is 23.5 Å². The second kappa shape index (κ2) is 6.87. The predicted octanol–water partition coefficient (Wildman–Crippen LogP) is 3.37. The lowest BCUT2D eigenvalue weighted by molar-refractivity contribution is 0.297. The molecule has 112 valence electrons. The maximum Gasteiger partial charge on any atom is 0.243 e. The van der Waals surface area contributed by atoms with Crippen LogP contribution in [0.2, 0.25) is 5.15 Å². The Labute approximate surface area is 126 Å². The number of pyridine rings is 1. The molecule has 0 bridgehead atoms. The number of aromatic nitrogens is 1. The molecule has 1 saturated carbocycles. The molecule has 0 aromatic carbocycles. The summed E-state index contributed by atoms with van der Waals surface area (Å²) in [6.45, 7) is 2.19. The SMILES string of the molecule is CCCC1CCC(NS(=O)(=O)c2cccnc2Cl)CC1. The third-order valence-corrected chi connectivity index (χ3v) is 5.85. The van der Waals surface area contributed by atoms with Crippen LogP contribution in [0.25, 0.3) is 0 Å². The lowest BCUT2D eigenvalue weighted by atomic mass is 9.84. The maximum atomic E-state index is 12.3. The fourth-order valence-electron chi connectivity index (χ4n) is 2.83. The molecular weight excluding hydrogens is 296 g/mol. The smallest absolute Gasteiger partial charge is 0.243 e. The van der Waals surface area contributed by atoms with Crippen molar-refractivity contribution in [3.8, 4) is 0 Å². The highest BCUT2D eigenvalue weighted by Gasteiger charge is 2.26. The lowest BCUT2D eigenvalue weighted by Crippen LogP contribution is -2.37. The Bertz CT molecular complexity index is 540. The van der Waals surface area contributed by atoms with E-state index < -0.39 is 10.0 Å². The van der Waals surface area contributed by atoms with Gasteiger partial charge in [-0.15, -0.1) is 0 Å². The number of nitrogens with zero attached hydrogens (tertiary/aromatic N) is 1. The second-order valence-electron chi connectivity index (χ2n) is 5.42. The summed E-state index contributed by atoms with van der Waals surface area (Å²) in [7, 11) is -3.56. The Hall–Kier alpha value is -0.650. The normalized spacial score (nSPS) is 23.7. The molecule has 0 radical (unpaired) electrons. The van der Waals surface area contributed by atoms with Crippen molar-refractivity contribution in [2.75, 3.05) is 0 Å². The molecule has 1 aromatic rings. The van der Waals surface area contributed by atoms with E-state index in [0.29, 0.717) is 0 Å². The summed E-state index contributed by atoms with van der Waals surface area (Å²) in [5, 5.41) is 0.0275. The van der Waals surface area contributed by atoms with Gasteiger partial charge in [0.2, 0.25) is 10.0 Å². The molecule has 4 nitrogen and oxygen atoms in total. The average molecular weight is 317 g/mol. The van der Waals surface area contributed by atoms with Gasteiger partial charge in [0.1, 0.15) is 10.0 Å². The molecular formula is C14H21ClN2O2S. The first-order valence-corrected chi connectivity index (χ1v) is 9.02. The van der Waals surface area contributed by atoms with Crippen molar-refractivity contribution in [1.82, 2.24) is 9.71 Å². The highest BCUT2D eigenvalue weighted by molar-refractivity contribution is 7.89. The van der Waals surface area contributed by atoms with E-state index in [-0.39, 0.29) is 16.1 Å². The van der Waals surface area contributed by atoms with Crippen LogP contribution in [-0.4, -0.2) is 19.4 Å². The van der Waals surface area contributed by atoms with Gasteiger partial charge in [0.15, 0.2) is 0 Å². The van der Waals surface area contributed by atoms with Crippen LogP contribution in [0.4, 0.5) is 0 Å². The third-order valence-electron chi connectivity index (χ3n) is 3.88. The van der Waals surface area contributed by atoms with Crippen LogP contribution >= 0.6 is 11.6 Å². The largest absolute Gasteiger partial charge is 0.243 e. The maximum absolute atomic E-state index is 12.3. The Balaban J connectivity index is 1.99. The molecule has 0 saturated heterocycles. The van der Waals surface area contributed by atoms with Gasteiger partial charge in [-0.2, -0.15) is 0 Å². The predicted molar refractivity (Wildman–Crippen MR) is 80.2 cm³/mol. The van der Waals surface area contributed by atoms with E-state index in [0.717, 1.165) is 31.6 Å². The monoisotopic (exact) mass is 316 g/mol. The fraction of sp³-hybridized carbons (Fsp3) is 0.643. The molecule has 1 aliphatic carbocycles. The first-order chi connectivity index (χ1) is 9.53. The Kier molecular flexibility index (Phi) is 5.41. The van der Waals surface area contributed by atoms with Crippen molar-refractivity contribution in [1.29, 1.82) is 0 Å². The van der Waals surface area contributed by atoms with Crippen LogP contribution in [0.3, 0.4) is 0 Å². The van der Waals surface area contributed by atoms with E-state index in [1.807, 2.05) is 0 Å². The van der Waals surface area contributed by atoms with Gasteiger partial charge in [0, 0.05) is 12.2 Å². The van der Waals surface area contributed by atoms with E-state index >= 15 is 0 Å². The third kappa shape index (κ3) is 3.93. The van der Waals surface area contributed by atoms with Gasteiger partial charge in [-0.3, -0.25) is 0 Å². The molecule has 0 unspecified atom stereocenters. The van der Waals surface area contributed by atoms with Gasteiger partial charge in [-0.1, -0.05) is 31.4 Å². The minimum atomic E-state index is -3.56. The van der Waals surface area contributed by atoms with Crippen molar-refractivity contribution in [2.24, 2.45) is 5.92 Å². The zero-order chi connectivity index (χ0) is 14.6. The number of hydrogen-bond acceptors (Lipinski definition) is 3. The zero-order valence-electron chi connectivity index (χ0n) is 11.7. The quantitative estimate of drug-likeness (QED) is 0.847. The lowest BCUT2D eigenvalue weighted by Gasteiger charge is -2.28. The van der Waals surface area contributed by atoms with Gasteiger partial charge in [-0.05, 0) is 43.7 Å².